The number of nitrogens with one attached hydrogen (secondary N) is 1. The average molecular weight is 375 g/mol. The van der Waals surface area contributed by atoms with Gasteiger partial charge in [-0.15, -0.1) is 0 Å². The number of carbonyl (C=O) groups excluding carboxylic acids is 2. The molecule has 0 spiro atoms. The Bertz CT molecular complexity index is 665. The van der Waals surface area contributed by atoms with Crippen LogP contribution in [0.1, 0.15) is 36.0 Å². The molecule has 1 fully saturated rings. The van der Waals surface area contributed by atoms with Crippen LogP contribution < -0.4 is 11.1 Å². The first-order valence-corrected chi connectivity index (χ1v) is 9.71. The molecular weight excluding hydrogens is 346 g/mol. The molecule has 2 amide bonds. The normalized spacial score (nSPS) is 20.0. The number of hydrogen-bond donors (Lipinski definition) is 2. The Labute approximate surface area is 160 Å². The van der Waals surface area contributed by atoms with Gasteiger partial charge in [-0.1, -0.05) is 18.2 Å². The van der Waals surface area contributed by atoms with Gasteiger partial charge in [-0.2, -0.15) is 0 Å². The molecule has 1 atom stereocenters. The molecule has 3 N–H and O–H groups in total. The van der Waals surface area contributed by atoms with Crippen molar-refractivity contribution in [2.75, 3.05) is 33.0 Å². The van der Waals surface area contributed by atoms with Crippen LogP contribution in [0.25, 0.3) is 0 Å². The van der Waals surface area contributed by atoms with Crippen LogP contribution in [0, 0.1) is 0 Å². The molecule has 2 aliphatic heterocycles. The maximum Gasteiger partial charge on any atom is 0.243 e. The largest absolute Gasteiger partial charge is 0.379 e. The van der Waals surface area contributed by atoms with Crippen LogP contribution in [0.3, 0.4) is 0 Å². The van der Waals surface area contributed by atoms with Gasteiger partial charge in [-0.25, -0.2) is 0 Å². The monoisotopic (exact) mass is 375 g/mol. The van der Waals surface area contributed by atoms with E-state index in [1.807, 2.05) is 0 Å². The summed E-state index contributed by atoms with van der Waals surface area (Å²) in [4.78, 5) is 25.6. The average Bonchev–Trinajstić information content (AvgIpc) is 3.07. The van der Waals surface area contributed by atoms with E-state index in [0.29, 0.717) is 45.8 Å². The van der Waals surface area contributed by atoms with Crippen LogP contribution in [0.2, 0.25) is 0 Å². The summed E-state index contributed by atoms with van der Waals surface area (Å²) in [5, 5.41) is 2.45. The van der Waals surface area contributed by atoms with Gasteiger partial charge in [-0.05, 0) is 36.0 Å². The smallest absolute Gasteiger partial charge is 0.243 e. The van der Waals surface area contributed by atoms with Gasteiger partial charge in [0.25, 0.3) is 0 Å². The summed E-state index contributed by atoms with van der Waals surface area (Å²) in [7, 11) is 0. The zero-order valence-electron chi connectivity index (χ0n) is 15.7. The van der Waals surface area contributed by atoms with Crippen LogP contribution >= 0.6 is 0 Å². The highest BCUT2D eigenvalue weighted by atomic mass is 16.5. The molecule has 3 rings (SSSR count). The van der Waals surface area contributed by atoms with Crippen molar-refractivity contribution in [1.82, 2.24) is 10.2 Å². The van der Waals surface area contributed by atoms with Gasteiger partial charge in [0, 0.05) is 32.7 Å². The van der Waals surface area contributed by atoms with Gasteiger partial charge in [0.15, 0.2) is 0 Å². The number of amides is 2. The predicted molar refractivity (Wildman–Crippen MR) is 101 cm³/mol. The second-order valence-electron chi connectivity index (χ2n) is 7.09. The first-order chi connectivity index (χ1) is 13.2. The minimum absolute atomic E-state index is 0.160. The van der Waals surface area contributed by atoms with Crippen LogP contribution in [-0.4, -0.2) is 55.7 Å². The van der Waals surface area contributed by atoms with Crippen LogP contribution in [-0.2, 0) is 38.6 Å². The third-order valence-electron chi connectivity index (χ3n) is 5.06. The van der Waals surface area contributed by atoms with E-state index in [-0.39, 0.29) is 17.9 Å². The lowest BCUT2D eigenvalue weighted by atomic mass is 10.0. The van der Waals surface area contributed by atoms with Crippen molar-refractivity contribution >= 4 is 11.8 Å². The zero-order valence-corrected chi connectivity index (χ0v) is 15.7. The molecule has 7 heteroatoms. The van der Waals surface area contributed by atoms with E-state index in [1.54, 1.807) is 0 Å². The molecule has 0 saturated carbocycles. The van der Waals surface area contributed by atoms with Crippen molar-refractivity contribution in [3.63, 3.8) is 0 Å². The molecule has 0 aliphatic carbocycles. The molecule has 2 heterocycles. The standard InChI is InChI=1S/C20H29N3O4/c21-7-9-27-11-10-26-8-1-2-15-3-4-16-13-23(14-17(16)12-15)18-5-6-19(24)22-20(18)25/h3-4,12,18H,1-2,5-11,13-14,21H2,(H,22,24,25). The molecule has 0 radical (unpaired) electrons. The van der Waals surface area contributed by atoms with Crippen LogP contribution in [0.5, 0.6) is 0 Å². The number of nitrogens with zero attached hydrogens (tertiary/aromatic N) is 1. The second kappa shape index (κ2) is 9.94. The lowest BCUT2D eigenvalue weighted by molar-refractivity contribution is -0.137. The number of hydrogen-bond acceptors (Lipinski definition) is 6. The van der Waals surface area contributed by atoms with Gasteiger partial charge in [0.05, 0.1) is 25.9 Å². The molecule has 27 heavy (non-hydrogen) atoms. The van der Waals surface area contributed by atoms with Crippen molar-refractivity contribution in [3.8, 4) is 0 Å². The summed E-state index contributed by atoms with van der Waals surface area (Å²) in [6.07, 6.45) is 2.96. The Morgan fingerprint density at radius 3 is 2.63 bits per heavy atom. The third kappa shape index (κ3) is 5.59. The van der Waals surface area contributed by atoms with Crippen LogP contribution in [0.4, 0.5) is 0 Å². The minimum Gasteiger partial charge on any atom is -0.379 e. The molecule has 148 valence electrons. The summed E-state index contributed by atoms with van der Waals surface area (Å²) in [6.45, 7) is 4.56. The topological polar surface area (TPSA) is 93.9 Å². The number of nitrogens with two attached hydrogens (primary N) is 1. The highest BCUT2D eigenvalue weighted by Gasteiger charge is 2.34. The molecule has 0 bridgehead atoms. The summed E-state index contributed by atoms with van der Waals surface area (Å²) in [5.74, 6) is -0.324. The Kier molecular flexibility index (Phi) is 7.34. The van der Waals surface area contributed by atoms with Gasteiger partial charge in [0.2, 0.25) is 11.8 Å². The highest BCUT2D eigenvalue weighted by Crippen LogP contribution is 2.28. The quantitative estimate of drug-likeness (QED) is 0.463. The lowest BCUT2D eigenvalue weighted by Crippen LogP contribution is -2.50. The van der Waals surface area contributed by atoms with E-state index >= 15 is 0 Å². The fourth-order valence-electron chi connectivity index (χ4n) is 3.66. The number of carbonyl (C=O) groups is 2. The van der Waals surface area contributed by atoms with Gasteiger partial charge in [-0.3, -0.25) is 19.8 Å². The van der Waals surface area contributed by atoms with E-state index < -0.39 is 0 Å². The molecule has 1 aromatic carbocycles. The number of rotatable bonds is 10. The molecule has 1 unspecified atom stereocenters. The first kappa shape index (κ1) is 19.9. The SMILES string of the molecule is NCCOCCOCCCc1ccc2c(c1)CN(C1CCC(=O)NC1=O)C2. The van der Waals surface area contributed by atoms with Crippen molar-refractivity contribution in [2.24, 2.45) is 5.73 Å². The number of aryl methyl sites for hydroxylation is 1. The second-order valence-corrected chi connectivity index (χ2v) is 7.09. The summed E-state index contributed by atoms with van der Waals surface area (Å²) in [5.41, 5.74) is 9.21. The zero-order chi connectivity index (χ0) is 19.1. The van der Waals surface area contributed by atoms with Gasteiger partial charge in [0.1, 0.15) is 0 Å². The Balaban J connectivity index is 1.41. The van der Waals surface area contributed by atoms with E-state index in [2.05, 4.69) is 28.4 Å². The van der Waals surface area contributed by atoms with Crippen molar-refractivity contribution in [1.29, 1.82) is 0 Å². The fraction of sp³-hybridized carbons (Fsp3) is 0.600. The minimum atomic E-state index is -0.201. The van der Waals surface area contributed by atoms with Crippen molar-refractivity contribution in [2.45, 2.75) is 44.8 Å². The Hall–Kier alpha value is -1.80. The maximum atomic E-state index is 12.1. The lowest BCUT2D eigenvalue weighted by Gasteiger charge is -2.29. The number of piperidine rings is 1. The van der Waals surface area contributed by atoms with Crippen molar-refractivity contribution in [3.05, 3.63) is 34.9 Å². The van der Waals surface area contributed by atoms with E-state index in [4.69, 9.17) is 15.2 Å². The van der Waals surface area contributed by atoms with Crippen LogP contribution in [0.15, 0.2) is 18.2 Å². The molecule has 2 aliphatic rings. The van der Waals surface area contributed by atoms with E-state index in [0.717, 1.165) is 25.9 Å². The van der Waals surface area contributed by atoms with E-state index in [9.17, 15) is 9.59 Å². The van der Waals surface area contributed by atoms with Crippen molar-refractivity contribution < 1.29 is 19.1 Å². The molecule has 0 aromatic heterocycles. The van der Waals surface area contributed by atoms with Gasteiger partial charge >= 0.3 is 0 Å². The molecular formula is C20H29N3O4. The maximum absolute atomic E-state index is 12.1. The van der Waals surface area contributed by atoms with Gasteiger partial charge < -0.3 is 15.2 Å². The number of ether oxygens (including phenoxy) is 2. The third-order valence-corrected chi connectivity index (χ3v) is 5.06. The Morgan fingerprint density at radius 2 is 1.85 bits per heavy atom. The molecule has 1 saturated heterocycles. The summed E-state index contributed by atoms with van der Waals surface area (Å²) >= 11 is 0. The summed E-state index contributed by atoms with van der Waals surface area (Å²) < 4.78 is 10.8. The first-order valence-electron chi connectivity index (χ1n) is 9.71. The number of fused-ring (bicyclic) bond motifs is 1. The fourth-order valence-corrected chi connectivity index (χ4v) is 3.66. The predicted octanol–water partition coefficient (Wildman–Crippen LogP) is 0.732. The number of imide groups is 1. The summed E-state index contributed by atoms with van der Waals surface area (Å²) in [6, 6.07) is 6.37. The Morgan fingerprint density at radius 1 is 1.07 bits per heavy atom. The van der Waals surface area contributed by atoms with E-state index in [1.165, 1.54) is 16.7 Å². The highest BCUT2D eigenvalue weighted by molar-refractivity contribution is 6.00. The molecule has 7 nitrogen and oxygen atoms in total. The number of benzene rings is 1. The molecule has 1 aromatic rings.